The largest absolute Gasteiger partial charge is 0.493 e. The van der Waals surface area contributed by atoms with Crippen LogP contribution in [0.5, 0.6) is 11.5 Å². The molecule has 0 radical (unpaired) electrons. The molecule has 0 aliphatic carbocycles. The van der Waals surface area contributed by atoms with Gasteiger partial charge < -0.3 is 20.1 Å². The van der Waals surface area contributed by atoms with Crippen LogP contribution in [0, 0.1) is 0 Å². The highest BCUT2D eigenvalue weighted by Gasteiger charge is 2.15. The molecule has 2 aromatic carbocycles. The maximum atomic E-state index is 12.4. The van der Waals surface area contributed by atoms with Crippen LogP contribution in [0.3, 0.4) is 0 Å². The zero-order valence-corrected chi connectivity index (χ0v) is 17.5. The number of hydrogen-bond acceptors (Lipinski definition) is 6. The molecule has 0 bridgehead atoms. The van der Waals surface area contributed by atoms with E-state index in [2.05, 4.69) is 20.1 Å². The Labute approximate surface area is 177 Å². The molecule has 0 spiro atoms. The lowest BCUT2D eigenvalue weighted by Crippen LogP contribution is -2.36. The van der Waals surface area contributed by atoms with Crippen molar-refractivity contribution in [2.75, 3.05) is 24.6 Å². The summed E-state index contributed by atoms with van der Waals surface area (Å²) >= 11 is 0. The summed E-state index contributed by atoms with van der Waals surface area (Å²) in [5, 5.41) is 4.96. The van der Waals surface area contributed by atoms with Gasteiger partial charge in [0.2, 0.25) is 15.9 Å². The number of nitrogens with one attached hydrogen (secondary N) is 3. The summed E-state index contributed by atoms with van der Waals surface area (Å²) in [6.07, 6.45) is 1.01. The Bertz CT molecular complexity index is 1050. The third kappa shape index (κ3) is 7.74. The number of rotatable bonds is 10. The minimum Gasteiger partial charge on any atom is -0.493 e. The van der Waals surface area contributed by atoms with E-state index in [1.54, 1.807) is 24.3 Å². The molecular weight excluding hydrogens is 436 g/mol. The van der Waals surface area contributed by atoms with Gasteiger partial charge in [0.25, 0.3) is 5.91 Å². The molecule has 0 saturated heterocycles. The van der Waals surface area contributed by atoms with Crippen LogP contribution in [0.25, 0.3) is 0 Å². The van der Waals surface area contributed by atoms with Crippen LogP contribution >= 0.6 is 0 Å². The highest BCUT2D eigenvalue weighted by atomic mass is 32.2. The molecule has 0 aromatic heterocycles. The maximum absolute atomic E-state index is 12.4. The van der Waals surface area contributed by atoms with Gasteiger partial charge in [-0.3, -0.25) is 14.3 Å². The summed E-state index contributed by atoms with van der Waals surface area (Å²) in [6, 6.07) is 10.1. The van der Waals surface area contributed by atoms with Crippen molar-refractivity contribution >= 4 is 27.5 Å². The number of benzene rings is 2. The Kier molecular flexibility index (Phi) is 8.14. The average Bonchev–Trinajstić information content (AvgIpc) is 2.70. The predicted molar refractivity (Wildman–Crippen MR) is 109 cm³/mol. The number of carbonyl (C=O) groups is 2. The van der Waals surface area contributed by atoms with Crippen LogP contribution in [0.2, 0.25) is 0 Å². The van der Waals surface area contributed by atoms with Crippen molar-refractivity contribution in [2.24, 2.45) is 0 Å². The average molecular weight is 457 g/mol. The first-order valence-corrected chi connectivity index (χ1v) is 10.7. The van der Waals surface area contributed by atoms with E-state index in [0.29, 0.717) is 11.3 Å². The smallest absolute Gasteiger partial charge is 0.387 e. The molecule has 0 fully saturated rings. The van der Waals surface area contributed by atoms with Gasteiger partial charge in [0.15, 0.2) is 11.5 Å². The molecule has 0 aliphatic heterocycles. The fourth-order valence-corrected chi connectivity index (χ4v) is 3.09. The first kappa shape index (κ1) is 23.9. The van der Waals surface area contributed by atoms with Crippen LogP contribution in [0.1, 0.15) is 15.9 Å². The molecule has 12 heteroatoms. The van der Waals surface area contributed by atoms with Crippen LogP contribution in [-0.4, -0.2) is 46.8 Å². The van der Waals surface area contributed by atoms with E-state index in [4.69, 9.17) is 4.74 Å². The Morgan fingerprint density at radius 3 is 2.42 bits per heavy atom. The lowest BCUT2D eigenvalue weighted by Gasteiger charge is -2.13. The van der Waals surface area contributed by atoms with Crippen molar-refractivity contribution in [3.63, 3.8) is 0 Å². The number of ether oxygens (including phenoxy) is 2. The first-order valence-electron chi connectivity index (χ1n) is 8.82. The topological polar surface area (TPSA) is 123 Å². The van der Waals surface area contributed by atoms with Gasteiger partial charge in [0, 0.05) is 12.1 Å². The molecule has 0 saturated carbocycles. The molecule has 31 heavy (non-hydrogen) atoms. The van der Waals surface area contributed by atoms with Crippen molar-refractivity contribution in [1.82, 2.24) is 10.6 Å². The SMILES string of the molecule is COc1cc(C(=O)NCC(=O)NCc2ccccc2NS(C)(=O)=O)ccc1OC(F)F. The van der Waals surface area contributed by atoms with Crippen LogP contribution < -0.4 is 24.8 Å². The number of halogens is 2. The molecule has 9 nitrogen and oxygen atoms in total. The van der Waals surface area contributed by atoms with E-state index in [0.717, 1.165) is 12.3 Å². The van der Waals surface area contributed by atoms with Gasteiger partial charge in [-0.05, 0) is 29.8 Å². The van der Waals surface area contributed by atoms with Gasteiger partial charge in [-0.25, -0.2) is 8.42 Å². The summed E-state index contributed by atoms with van der Waals surface area (Å²) in [5.74, 6) is -1.44. The second-order valence-electron chi connectivity index (χ2n) is 6.23. The second-order valence-corrected chi connectivity index (χ2v) is 7.98. The van der Waals surface area contributed by atoms with Crippen molar-refractivity contribution in [1.29, 1.82) is 0 Å². The van der Waals surface area contributed by atoms with Gasteiger partial charge in [0.05, 0.1) is 25.6 Å². The Hall–Kier alpha value is -3.41. The lowest BCUT2D eigenvalue weighted by molar-refractivity contribution is -0.120. The van der Waals surface area contributed by atoms with Gasteiger partial charge in [-0.2, -0.15) is 8.78 Å². The molecule has 3 N–H and O–H groups in total. The van der Waals surface area contributed by atoms with Crippen LogP contribution in [0.15, 0.2) is 42.5 Å². The monoisotopic (exact) mass is 457 g/mol. The number of amides is 2. The fourth-order valence-electron chi connectivity index (χ4n) is 2.49. The number of para-hydroxylation sites is 1. The molecule has 2 rings (SSSR count). The van der Waals surface area contributed by atoms with E-state index in [1.165, 1.54) is 19.2 Å². The number of sulfonamides is 1. The Balaban J connectivity index is 1.93. The predicted octanol–water partition coefficient (Wildman–Crippen LogP) is 1.71. The van der Waals surface area contributed by atoms with Gasteiger partial charge in [-0.15, -0.1) is 0 Å². The number of alkyl halides is 2. The molecular formula is C19H21F2N3O6S. The number of methoxy groups -OCH3 is 1. The highest BCUT2D eigenvalue weighted by Crippen LogP contribution is 2.29. The third-order valence-electron chi connectivity index (χ3n) is 3.84. The van der Waals surface area contributed by atoms with Crippen molar-refractivity contribution in [2.45, 2.75) is 13.2 Å². The second kappa shape index (κ2) is 10.6. The number of carbonyl (C=O) groups excluding carboxylic acids is 2. The van der Waals surface area contributed by atoms with Crippen LogP contribution in [-0.2, 0) is 21.4 Å². The van der Waals surface area contributed by atoms with Crippen molar-refractivity contribution in [3.05, 3.63) is 53.6 Å². The van der Waals surface area contributed by atoms with Gasteiger partial charge in [-0.1, -0.05) is 18.2 Å². The highest BCUT2D eigenvalue weighted by molar-refractivity contribution is 7.92. The van der Waals surface area contributed by atoms with E-state index < -0.39 is 28.4 Å². The molecule has 0 atom stereocenters. The summed E-state index contributed by atoms with van der Waals surface area (Å²) in [5.41, 5.74) is 0.938. The molecule has 2 amide bonds. The van der Waals surface area contributed by atoms with Crippen LogP contribution in [0.4, 0.5) is 14.5 Å². The molecule has 168 valence electrons. The quantitative estimate of drug-likeness (QED) is 0.499. The van der Waals surface area contributed by atoms with Crippen molar-refractivity contribution < 1.29 is 36.3 Å². The lowest BCUT2D eigenvalue weighted by atomic mass is 10.2. The normalized spacial score (nSPS) is 11.0. The minimum atomic E-state index is -3.49. The maximum Gasteiger partial charge on any atom is 0.387 e. The molecule has 0 heterocycles. The fraction of sp³-hybridized carbons (Fsp3) is 0.263. The number of anilines is 1. The van der Waals surface area contributed by atoms with E-state index in [9.17, 15) is 26.8 Å². The van der Waals surface area contributed by atoms with E-state index in [1.807, 2.05) is 0 Å². The van der Waals surface area contributed by atoms with Gasteiger partial charge in [0.1, 0.15) is 0 Å². The van der Waals surface area contributed by atoms with E-state index >= 15 is 0 Å². The zero-order valence-electron chi connectivity index (χ0n) is 16.6. The van der Waals surface area contributed by atoms with E-state index in [-0.39, 0.29) is 30.2 Å². The summed E-state index contributed by atoms with van der Waals surface area (Å²) in [6.45, 7) is -3.38. The Morgan fingerprint density at radius 2 is 1.77 bits per heavy atom. The first-order chi connectivity index (χ1) is 14.6. The third-order valence-corrected chi connectivity index (χ3v) is 4.43. The summed E-state index contributed by atoms with van der Waals surface area (Å²) in [4.78, 5) is 24.3. The number of hydrogen-bond donors (Lipinski definition) is 3. The zero-order chi connectivity index (χ0) is 23.0. The van der Waals surface area contributed by atoms with Gasteiger partial charge >= 0.3 is 6.61 Å². The molecule has 0 unspecified atom stereocenters. The Morgan fingerprint density at radius 1 is 1.06 bits per heavy atom. The molecule has 2 aromatic rings. The minimum absolute atomic E-state index is 0.0287. The summed E-state index contributed by atoms with van der Waals surface area (Å²) < 4.78 is 59.2. The molecule has 0 aliphatic rings. The summed E-state index contributed by atoms with van der Waals surface area (Å²) in [7, 11) is -2.25. The van der Waals surface area contributed by atoms with Crippen molar-refractivity contribution in [3.8, 4) is 11.5 Å². The standard InChI is InChI=1S/C19H21F2N3O6S/c1-29-16-9-12(7-8-15(16)30-19(20)21)18(26)23-11-17(25)22-10-13-5-3-4-6-14(13)24-31(2,27)28/h3-9,19,24H,10-11H2,1-2H3,(H,22,25)(H,23,26).